The highest BCUT2D eigenvalue weighted by atomic mass is 16.2. The van der Waals surface area contributed by atoms with Crippen molar-refractivity contribution < 1.29 is 9.59 Å². The summed E-state index contributed by atoms with van der Waals surface area (Å²) >= 11 is 0. The Balaban J connectivity index is 1.88. The van der Waals surface area contributed by atoms with Crippen LogP contribution in [0.5, 0.6) is 0 Å². The van der Waals surface area contributed by atoms with Gasteiger partial charge in [0.2, 0.25) is 5.91 Å². The molecular weight excluding hydrogens is 268 g/mol. The fourth-order valence-corrected chi connectivity index (χ4v) is 2.02. The second-order valence-electron chi connectivity index (χ2n) is 4.83. The predicted molar refractivity (Wildman–Crippen MR) is 78.4 cm³/mol. The molecule has 6 heteroatoms. The second kappa shape index (κ2) is 7.35. The number of nitrogens with zero attached hydrogens (tertiary/aromatic N) is 1. The molecule has 0 aliphatic carbocycles. The van der Waals surface area contributed by atoms with Crippen LogP contribution in [0.3, 0.4) is 0 Å². The van der Waals surface area contributed by atoms with Crippen molar-refractivity contribution in [3.63, 3.8) is 0 Å². The number of rotatable bonds is 7. The molecule has 0 spiro atoms. The number of carbonyl (C=O) groups is 2. The van der Waals surface area contributed by atoms with Gasteiger partial charge in [-0.2, -0.15) is 0 Å². The molecular formula is C15H18N4O2. The van der Waals surface area contributed by atoms with Gasteiger partial charge in [-0.1, -0.05) is 30.3 Å². The van der Waals surface area contributed by atoms with E-state index in [9.17, 15) is 9.59 Å². The van der Waals surface area contributed by atoms with Gasteiger partial charge in [-0.05, 0) is 12.0 Å². The first-order valence-electron chi connectivity index (χ1n) is 6.71. The third kappa shape index (κ3) is 4.54. The van der Waals surface area contributed by atoms with Crippen molar-refractivity contribution in [2.75, 3.05) is 0 Å². The van der Waals surface area contributed by atoms with Crippen LogP contribution in [0.2, 0.25) is 0 Å². The van der Waals surface area contributed by atoms with E-state index < -0.39 is 12.1 Å². The Kier molecular flexibility index (Phi) is 5.22. The molecule has 0 fully saturated rings. The SMILES string of the molecule is NC(Cc1ccccc1)C(=O)N[C@@H](C=O)Cc1cnc[nH]1. The van der Waals surface area contributed by atoms with Crippen molar-refractivity contribution in [1.82, 2.24) is 15.3 Å². The number of amides is 1. The van der Waals surface area contributed by atoms with Crippen molar-refractivity contribution in [1.29, 1.82) is 0 Å². The number of hydrogen-bond donors (Lipinski definition) is 3. The summed E-state index contributed by atoms with van der Waals surface area (Å²) in [5, 5.41) is 2.65. The van der Waals surface area contributed by atoms with Gasteiger partial charge in [-0.15, -0.1) is 0 Å². The van der Waals surface area contributed by atoms with Crippen LogP contribution < -0.4 is 11.1 Å². The minimum Gasteiger partial charge on any atom is -0.348 e. The summed E-state index contributed by atoms with van der Waals surface area (Å²) in [4.78, 5) is 29.8. The lowest BCUT2D eigenvalue weighted by molar-refractivity contribution is -0.125. The van der Waals surface area contributed by atoms with E-state index in [1.807, 2.05) is 30.3 Å². The topological polar surface area (TPSA) is 101 Å². The standard InChI is InChI=1S/C15H18N4O2/c16-14(6-11-4-2-1-3-5-11)15(21)19-13(9-20)7-12-8-17-10-18-12/h1-5,8-10,13-14H,6-7,16H2,(H,17,18)(H,19,21)/t13-,14?/m1/s1. The van der Waals surface area contributed by atoms with Crippen LogP contribution in [0.1, 0.15) is 11.3 Å². The van der Waals surface area contributed by atoms with E-state index in [0.717, 1.165) is 11.3 Å². The van der Waals surface area contributed by atoms with E-state index in [1.54, 1.807) is 6.20 Å². The van der Waals surface area contributed by atoms with Crippen molar-refractivity contribution in [3.05, 3.63) is 54.1 Å². The number of hydrogen-bond acceptors (Lipinski definition) is 4. The zero-order valence-corrected chi connectivity index (χ0v) is 11.5. The lowest BCUT2D eigenvalue weighted by atomic mass is 10.1. The maximum Gasteiger partial charge on any atom is 0.237 e. The van der Waals surface area contributed by atoms with Gasteiger partial charge in [0.25, 0.3) is 0 Å². The van der Waals surface area contributed by atoms with Crippen LogP contribution in [0.4, 0.5) is 0 Å². The summed E-state index contributed by atoms with van der Waals surface area (Å²) in [5.74, 6) is -0.338. The second-order valence-corrected chi connectivity index (χ2v) is 4.83. The molecule has 1 heterocycles. The number of nitrogens with two attached hydrogens (primary N) is 1. The van der Waals surface area contributed by atoms with E-state index in [1.165, 1.54) is 6.33 Å². The predicted octanol–water partition coefficient (Wildman–Crippen LogP) is 0.206. The van der Waals surface area contributed by atoms with E-state index in [-0.39, 0.29) is 5.91 Å². The summed E-state index contributed by atoms with van der Waals surface area (Å²) in [5.41, 5.74) is 7.64. The first-order valence-corrected chi connectivity index (χ1v) is 6.71. The molecule has 1 amide bonds. The molecule has 2 aromatic rings. The number of aromatic amines is 1. The van der Waals surface area contributed by atoms with Crippen molar-refractivity contribution in [2.45, 2.75) is 24.9 Å². The normalized spacial score (nSPS) is 13.4. The Hall–Kier alpha value is -2.47. The van der Waals surface area contributed by atoms with Crippen molar-refractivity contribution in [2.24, 2.45) is 5.73 Å². The van der Waals surface area contributed by atoms with Gasteiger partial charge < -0.3 is 20.8 Å². The van der Waals surface area contributed by atoms with E-state index in [2.05, 4.69) is 15.3 Å². The van der Waals surface area contributed by atoms with Crippen LogP contribution in [0.25, 0.3) is 0 Å². The fraction of sp³-hybridized carbons (Fsp3) is 0.267. The maximum absolute atomic E-state index is 12.0. The molecule has 0 radical (unpaired) electrons. The van der Waals surface area contributed by atoms with Crippen LogP contribution in [0.15, 0.2) is 42.9 Å². The van der Waals surface area contributed by atoms with Gasteiger partial charge in [0.05, 0.1) is 18.4 Å². The Morgan fingerprint density at radius 2 is 2.10 bits per heavy atom. The number of carbonyl (C=O) groups excluding carboxylic acids is 2. The smallest absolute Gasteiger partial charge is 0.237 e. The Labute approximate surface area is 122 Å². The van der Waals surface area contributed by atoms with Gasteiger partial charge in [0.1, 0.15) is 6.29 Å². The minimum atomic E-state index is -0.684. The third-order valence-corrected chi connectivity index (χ3v) is 3.12. The molecule has 1 unspecified atom stereocenters. The Morgan fingerprint density at radius 1 is 1.33 bits per heavy atom. The summed E-state index contributed by atoms with van der Waals surface area (Å²) < 4.78 is 0. The Bertz CT molecular complexity index is 569. The lowest BCUT2D eigenvalue weighted by Gasteiger charge is -2.16. The molecule has 0 saturated heterocycles. The molecule has 2 rings (SSSR count). The van der Waals surface area contributed by atoms with Crippen LogP contribution in [-0.4, -0.2) is 34.2 Å². The van der Waals surface area contributed by atoms with E-state index in [4.69, 9.17) is 5.73 Å². The number of aldehydes is 1. The molecule has 0 aliphatic rings. The minimum absolute atomic E-state index is 0.338. The zero-order chi connectivity index (χ0) is 15.1. The zero-order valence-electron chi connectivity index (χ0n) is 11.5. The number of aromatic nitrogens is 2. The number of H-pyrrole nitrogens is 1. The largest absolute Gasteiger partial charge is 0.348 e. The van der Waals surface area contributed by atoms with Crippen LogP contribution in [-0.2, 0) is 22.4 Å². The number of nitrogens with one attached hydrogen (secondary N) is 2. The summed E-state index contributed by atoms with van der Waals surface area (Å²) in [6, 6.07) is 8.22. The summed E-state index contributed by atoms with van der Waals surface area (Å²) in [7, 11) is 0. The van der Waals surface area contributed by atoms with Gasteiger partial charge in [-0.25, -0.2) is 4.98 Å². The first-order chi connectivity index (χ1) is 10.2. The molecule has 6 nitrogen and oxygen atoms in total. The molecule has 1 aromatic heterocycles. The lowest BCUT2D eigenvalue weighted by Crippen LogP contribution is -2.47. The summed E-state index contributed by atoms with van der Waals surface area (Å²) in [6.45, 7) is 0. The molecule has 110 valence electrons. The molecule has 0 aliphatic heterocycles. The van der Waals surface area contributed by atoms with Gasteiger partial charge in [0, 0.05) is 18.3 Å². The van der Waals surface area contributed by atoms with E-state index in [0.29, 0.717) is 19.1 Å². The molecule has 1 aromatic carbocycles. The first kappa shape index (κ1) is 14.9. The van der Waals surface area contributed by atoms with Gasteiger partial charge in [0.15, 0.2) is 0 Å². The van der Waals surface area contributed by atoms with Gasteiger partial charge >= 0.3 is 0 Å². The Morgan fingerprint density at radius 3 is 2.71 bits per heavy atom. The average molecular weight is 286 g/mol. The number of imidazole rings is 1. The van der Waals surface area contributed by atoms with Gasteiger partial charge in [-0.3, -0.25) is 4.79 Å². The molecule has 0 bridgehead atoms. The molecule has 0 saturated carbocycles. The highest BCUT2D eigenvalue weighted by Gasteiger charge is 2.18. The maximum atomic E-state index is 12.0. The van der Waals surface area contributed by atoms with E-state index >= 15 is 0 Å². The van der Waals surface area contributed by atoms with Crippen molar-refractivity contribution >= 4 is 12.2 Å². The molecule has 2 atom stereocenters. The molecule has 21 heavy (non-hydrogen) atoms. The monoisotopic (exact) mass is 286 g/mol. The fourth-order valence-electron chi connectivity index (χ4n) is 2.02. The number of benzene rings is 1. The van der Waals surface area contributed by atoms with Crippen LogP contribution in [0, 0.1) is 0 Å². The molecule has 4 N–H and O–H groups in total. The highest BCUT2D eigenvalue weighted by molar-refractivity contribution is 5.84. The summed E-state index contributed by atoms with van der Waals surface area (Å²) in [6.07, 6.45) is 4.65. The average Bonchev–Trinajstić information content (AvgIpc) is 3.00. The third-order valence-electron chi connectivity index (χ3n) is 3.12. The highest BCUT2D eigenvalue weighted by Crippen LogP contribution is 2.03. The van der Waals surface area contributed by atoms with Crippen LogP contribution >= 0.6 is 0 Å². The van der Waals surface area contributed by atoms with Crippen molar-refractivity contribution in [3.8, 4) is 0 Å². The quantitative estimate of drug-likeness (QED) is 0.633.